The lowest BCUT2D eigenvalue weighted by atomic mass is 9.86. The summed E-state index contributed by atoms with van der Waals surface area (Å²) in [6.07, 6.45) is 1.84. The van der Waals surface area contributed by atoms with E-state index in [9.17, 15) is 4.79 Å². The third-order valence-electron chi connectivity index (χ3n) is 2.65. The molecule has 3 N–H and O–H groups in total. The molecular formula is C10H14N2O3. The van der Waals surface area contributed by atoms with Crippen molar-refractivity contribution in [2.45, 2.75) is 6.54 Å². The lowest BCUT2D eigenvalue weighted by molar-refractivity contribution is -0.178. The van der Waals surface area contributed by atoms with Crippen LogP contribution in [0.2, 0.25) is 0 Å². The van der Waals surface area contributed by atoms with Gasteiger partial charge in [0.2, 0.25) is 0 Å². The number of aromatic nitrogens is 1. The number of ether oxygens (including phenoxy) is 1. The first-order valence-electron chi connectivity index (χ1n) is 4.87. The van der Waals surface area contributed by atoms with Crippen molar-refractivity contribution in [1.82, 2.24) is 10.3 Å². The molecule has 0 aromatic carbocycles. The van der Waals surface area contributed by atoms with Gasteiger partial charge in [-0.1, -0.05) is 0 Å². The van der Waals surface area contributed by atoms with Crippen molar-refractivity contribution >= 4 is 5.97 Å². The molecule has 5 heteroatoms. The van der Waals surface area contributed by atoms with Crippen LogP contribution in [-0.4, -0.2) is 35.8 Å². The second-order valence-corrected chi connectivity index (χ2v) is 3.88. The van der Waals surface area contributed by atoms with Gasteiger partial charge in [0.05, 0.1) is 13.2 Å². The number of H-pyrrole nitrogens is 1. The summed E-state index contributed by atoms with van der Waals surface area (Å²) in [4.78, 5) is 14.0. The van der Waals surface area contributed by atoms with Crippen LogP contribution in [0.1, 0.15) is 5.69 Å². The Hall–Kier alpha value is -1.33. The van der Waals surface area contributed by atoms with Crippen molar-refractivity contribution in [3.05, 3.63) is 24.0 Å². The Morgan fingerprint density at radius 3 is 2.93 bits per heavy atom. The average Bonchev–Trinajstić information content (AvgIpc) is 2.61. The van der Waals surface area contributed by atoms with Crippen LogP contribution >= 0.6 is 0 Å². The number of aliphatic carboxylic acids is 1. The van der Waals surface area contributed by atoms with E-state index in [2.05, 4.69) is 10.3 Å². The molecular weight excluding hydrogens is 196 g/mol. The summed E-state index contributed by atoms with van der Waals surface area (Å²) in [6.45, 7) is 1.71. The number of carboxylic acids is 1. The van der Waals surface area contributed by atoms with E-state index >= 15 is 0 Å². The lowest BCUT2D eigenvalue weighted by Crippen LogP contribution is -2.55. The molecule has 0 bridgehead atoms. The van der Waals surface area contributed by atoms with Crippen molar-refractivity contribution in [1.29, 1.82) is 0 Å². The van der Waals surface area contributed by atoms with Gasteiger partial charge in [0, 0.05) is 25.0 Å². The molecule has 1 aromatic rings. The number of hydrogen-bond acceptors (Lipinski definition) is 3. The minimum atomic E-state index is -0.785. The highest BCUT2D eigenvalue weighted by Crippen LogP contribution is 2.26. The Morgan fingerprint density at radius 2 is 2.47 bits per heavy atom. The minimum Gasteiger partial charge on any atom is -0.481 e. The molecule has 5 nitrogen and oxygen atoms in total. The van der Waals surface area contributed by atoms with Gasteiger partial charge >= 0.3 is 5.97 Å². The molecule has 1 fully saturated rings. The first kappa shape index (κ1) is 10.2. The maximum Gasteiger partial charge on any atom is 0.315 e. The Labute approximate surface area is 87.4 Å². The number of rotatable bonds is 5. The van der Waals surface area contributed by atoms with Crippen molar-refractivity contribution in [2.75, 3.05) is 19.8 Å². The van der Waals surface area contributed by atoms with Gasteiger partial charge in [0.1, 0.15) is 5.41 Å². The van der Waals surface area contributed by atoms with Crippen LogP contribution in [-0.2, 0) is 16.1 Å². The van der Waals surface area contributed by atoms with Gasteiger partial charge in [-0.15, -0.1) is 0 Å². The van der Waals surface area contributed by atoms with Crippen molar-refractivity contribution in [3.8, 4) is 0 Å². The Morgan fingerprint density at radius 1 is 1.67 bits per heavy atom. The maximum absolute atomic E-state index is 11.0. The Bertz CT molecular complexity index is 330. The smallest absolute Gasteiger partial charge is 0.315 e. The molecule has 1 aliphatic heterocycles. The van der Waals surface area contributed by atoms with Crippen LogP contribution < -0.4 is 5.32 Å². The molecule has 0 radical (unpaired) electrons. The van der Waals surface area contributed by atoms with E-state index in [-0.39, 0.29) is 0 Å². The molecule has 0 amide bonds. The predicted molar refractivity (Wildman–Crippen MR) is 53.4 cm³/mol. The van der Waals surface area contributed by atoms with Gasteiger partial charge < -0.3 is 20.1 Å². The van der Waals surface area contributed by atoms with Crippen LogP contribution in [0.5, 0.6) is 0 Å². The van der Waals surface area contributed by atoms with Crippen LogP contribution in [0.25, 0.3) is 0 Å². The van der Waals surface area contributed by atoms with Crippen molar-refractivity contribution < 1.29 is 14.6 Å². The quantitative estimate of drug-likeness (QED) is 0.649. The van der Waals surface area contributed by atoms with E-state index in [0.29, 0.717) is 26.3 Å². The third kappa shape index (κ3) is 2.03. The normalized spacial score (nSPS) is 18.4. The predicted octanol–water partition coefficient (Wildman–Crippen LogP) is 0.205. The van der Waals surface area contributed by atoms with Gasteiger partial charge in [-0.2, -0.15) is 0 Å². The van der Waals surface area contributed by atoms with Gasteiger partial charge in [-0.25, -0.2) is 0 Å². The second-order valence-electron chi connectivity index (χ2n) is 3.88. The zero-order valence-electron chi connectivity index (χ0n) is 8.32. The standard InChI is InChI=1S/C10H14N2O3/c13-9(14)10(6-15-7-10)5-11-4-8-2-1-3-12-8/h1-3,11-12H,4-7H2,(H,13,14). The molecule has 2 heterocycles. The zero-order valence-corrected chi connectivity index (χ0v) is 8.32. The van der Waals surface area contributed by atoms with Crippen LogP contribution in [0.4, 0.5) is 0 Å². The zero-order chi connectivity index (χ0) is 10.7. The summed E-state index contributed by atoms with van der Waals surface area (Å²) in [5, 5.41) is 12.1. The number of aromatic amines is 1. The summed E-state index contributed by atoms with van der Waals surface area (Å²) in [6, 6.07) is 3.87. The summed E-state index contributed by atoms with van der Waals surface area (Å²) < 4.78 is 4.96. The highest BCUT2D eigenvalue weighted by atomic mass is 16.5. The number of hydrogen-bond donors (Lipinski definition) is 3. The molecule has 0 spiro atoms. The van der Waals surface area contributed by atoms with E-state index in [4.69, 9.17) is 9.84 Å². The molecule has 15 heavy (non-hydrogen) atoms. The van der Waals surface area contributed by atoms with E-state index in [1.165, 1.54) is 0 Å². The molecule has 1 aliphatic rings. The molecule has 82 valence electrons. The van der Waals surface area contributed by atoms with Crippen LogP contribution in [0.3, 0.4) is 0 Å². The number of nitrogens with one attached hydrogen (secondary N) is 2. The van der Waals surface area contributed by atoms with Gasteiger partial charge in [-0.05, 0) is 12.1 Å². The number of carboxylic acid groups (broad SMARTS) is 1. The largest absolute Gasteiger partial charge is 0.481 e. The highest BCUT2D eigenvalue weighted by molar-refractivity contribution is 5.76. The molecule has 0 unspecified atom stereocenters. The first-order valence-corrected chi connectivity index (χ1v) is 4.87. The Kier molecular flexibility index (Phi) is 2.75. The monoisotopic (exact) mass is 210 g/mol. The summed E-state index contributed by atoms with van der Waals surface area (Å²) >= 11 is 0. The highest BCUT2D eigenvalue weighted by Gasteiger charge is 2.45. The van der Waals surface area contributed by atoms with E-state index in [1.807, 2.05) is 18.3 Å². The topological polar surface area (TPSA) is 74.4 Å². The van der Waals surface area contributed by atoms with E-state index < -0.39 is 11.4 Å². The van der Waals surface area contributed by atoms with Gasteiger partial charge in [0.25, 0.3) is 0 Å². The van der Waals surface area contributed by atoms with Gasteiger partial charge in [0.15, 0.2) is 0 Å². The van der Waals surface area contributed by atoms with E-state index in [1.54, 1.807) is 0 Å². The van der Waals surface area contributed by atoms with E-state index in [0.717, 1.165) is 5.69 Å². The first-order chi connectivity index (χ1) is 7.23. The summed E-state index contributed by atoms with van der Waals surface area (Å²) in [5.74, 6) is -0.785. The molecule has 2 rings (SSSR count). The minimum absolute atomic E-state index is 0.306. The fraction of sp³-hybridized carbons (Fsp3) is 0.500. The SMILES string of the molecule is O=C(O)C1(CNCc2ccc[nH]2)COC1. The van der Waals surface area contributed by atoms with Crippen LogP contribution in [0.15, 0.2) is 18.3 Å². The second kappa shape index (κ2) is 4.04. The summed E-state index contributed by atoms with van der Waals surface area (Å²) in [5.41, 5.74) is 0.336. The Balaban J connectivity index is 1.80. The average molecular weight is 210 g/mol. The fourth-order valence-corrected chi connectivity index (χ4v) is 1.56. The molecule has 1 saturated heterocycles. The fourth-order valence-electron chi connectivity index (χ4n) is 1.56. The van der Waals surface area contributed by atoms with Crippen molar-refractivity contribution in [3.63, 3.8) is 0 Å². The molecule has 0 saturated carbocycles. The molecule has 0 aliphatic carbocycles. The number of carbonyl (C=O) groups is 1. The van der Waals surface area contributed by atoms with Gasteiger partial charge in [-0.3, -0.25) is 4.79 Å². The summed E-state index contributed by atoms with van der Waals surface area (Å²) in [7, 11) is 0. The maximum atomic E-state index is 11.0. The third-order valence-corrected chi connectivity index (χ3v) is 2.65. The molecule has 0 atom stereocenters. The van der Waals surface area contributed by atoms with Crippen molar-refractivity contribution in [2.24, 2.45) is 5.41 Å². The van der Waals surface area contributed by atoms with Crippen LogP contribution in [0, 0.1) is 5.41 Å². The lowest BCUT2D eigenvalue weighted by Gasteiger charge is -2.37. The molecule has 1 aromatic heterocycles.